The maximum absolute atomic E-state index is 13.4. The van der Waals surface area contributed by atoms with Crippen LogP contribution in [-0.2, 0) is 0 Å². The highest BCUT2D eigenvalue weighted by atomic mass is 19.1. The Morgan fingerprint density at radius 1 is 1.03 bits per heavy atom. The number of halogens is 1. The Labute approximate surface area is 174 Å². The van der Waals surface area contributed by atoms with Gasteiger partial charge in [-0.2, -0.15) is 4.98 Å². The van der Waals surface area contributed by atoms with Gasteiger partial charge in [-0.3, -0.25) is 0 Å². The average Bonchev–Trinajstić information content (AvgIpc) is 3.46. The molecule has 1 atom stereocenters. The lowest BCUT2D eigenvalue weighted by Crippen LogP contribution is -2.35. The number of aromatic nitrogens is 6. The standard InChI is InChI=1S/C21H25FN8/c1-14-3-2-10-30(14)21-23-18(15-4-6-17(22)7-5-15)13-19(24-21)29-11-8-16(9-12-29)20-25-27-28-26-20/h4-7,13-14,16H,2-3,8-12H2,1H3,(H,25,26,27,28). The van der Waals surface area contributed by atoms with Crippen LogP contribution in [0.5, 0.6) is 0 Å². The first kappa shape index (κ1) is 18.9. The summed E-state index contributed by atoms with van der Waals surface area (Å²) >= 11 is 0. The average molecular weight is 408 g/mol. The number of anilines is 2. The van der Waals surface area contributed by atoms with Crippen molar-refractivity contribution in [1.82, 2.24) is 30.6 Å². The quantitative estimate of drug-likeness (QED) is 0.709. The Kier molecular flexibility index (Phi) is 5.02. The molecule has 2 fully saturated rings. The number of rotatable bonds is 4. The van der Waals surface area contributed by atoms with Gasteiger partial charge in [0.1, 0.15) is 11.6 Å². The van der Waals surface area contributed by atoms with Gasteiger partial charge in [0.25, 0.3) is 0 Å². The van der Waals surface area contributed by atoms with E-state index in [1.165, 1.54) is 12.1 Å². The van der Waals surface area contributed by atoms with Crippen molar-refractivity contribution >= 4 is 11.8 Å². The molecule has 30 heavy (non-hydrogen) atoms. The summed E-state index contributed by atoms with van der Waals surface area (Å²) in [6.45, 7) is 4.94. The molecule has 0 amide bonds. The van der Waals surface area contributed by atoms with E-state index in [4.69, 9.17) is 9.97 Å². The molecule has 4 heterocycles. The molecule has 8 nitrogen and oxygen atoms in total. The predicted octanol–water partition coefficient (Wildman–Crippen LogP) is 3.17. The number of hydrogen-bond donors (Lipinski definition) is 1. The minimum Gasteiger partial charge on any atom is -0.356 e. The highest BCUT2D eigenvalue weighted by molar-refractivity contribution is 5.65. The smallest absolute Gasteiger partial charge is 0.228 e. The van der Waals surface area contributed by atoms with E-state index in [2.05, 4.69) is 37.3 Å². The van der Waals surface area contributed by atoms with Crippen LogP contribution in [0.3, 0.4) is 0 Å². The van der Waals surface area contributed by atoms with Crippen molar-refractivity contribution in [1.29, 1.82) is 0 Å². The molecule has 1 unspecified atom stereocenters. The second kappa shape index (κ2) is 7.97. The van der Waals surface area contributed by atoms with Gasteiger partial charge in [-0.1, -0.05) is 0 Å². The molecule has 1 aromatic carbocycles. The van der Waals surface area contributed by atoms with Crippen LogP contribution >= 0.6 is 0 Å². The monoisotopic (exact) mass is 408 g/mol. The van der Waals surface area contributed by atoms with Crippen molar-refractivity contribution in [3.8, 4) is 11.3 Å². The number of benzene rings is 1. The molecule has 0 radical (unpaired) electrons. The SMILES string of the molecule is CC1CCCN1c1nc(-c2ccc(F)cc2)cc(N2CCC(c3nnn[nH]3)CC2)n1. The topological polar surface area (TPSA) is 86.7 Å². The summed E-state index contributed by atoms with van der Waals surface area (Å²) in [6, 6.07) is 8.96. The minimum absolute atomic E-state index is 0.245. The Hall–Kier alpha value is -3.10. The predicted molar refractivity (Wildman–Crippen MR) is 112 cm³/mol. The first-order valence-electron chi connectivity index (χ1n) is 10.6. The summed E-state index contributed by atoms with van der Waals surface area (Å²) in [4.78, 5) is 14.4. The zero-order valence-corrected chi connectivity index (χ0v) is 17.0. The van der Waals surface area contributed by atoms with Gasteiger partial charge in [0, 0.05) is 43.2 Å². The lowest BCUT2D eigenvalue weighted by atomic mass is 9.96. The number of aromatic amines is 1. The van der Waals surface area contributed by atoms with Crippen LogP contribution in [0.25, 0.3) is 11.3 Å². The van der Waals surface area contributed by atoms with E-state index < -0.39 is 0 Å². The summed E-state index contributed by atoms with van der Waals surface area (Å²) in [5.74, 6) is 2.64. The van der Waals surface area contributed by atoms with Gasteiger partial charge >= 0.3 is 0 Å². The molecule has 2 aliphatic heterocycles. The zero-order chi connectivity index (χ0) is 20.5. The molecule has 2 aliphatic rings. The molecule has 2 saturated heterocycles. The first-order valence-corrected chi connectivity index (χ1v) is 10.6. The van der Waals surface area contributed by atoms with Crippen molar-refractivity contribution in [2.24, 2.45) is 0 Å². The molecule has 1 N–H and O–H groups in total. The zero-order valence-electron chi connectivity index (χ0n) is 17.0. The van der Waals surface area contributed by atoms with E-state index in [-0.39, 0.29) is 5.82 Å². The van der Waals surface area contributed by atoms with Crippen LogP contribution in [0.4, 0.5) is 16.2 Å². The third kappa shape index (κ3) is 3.71. The van der Waals surface area contributed by atoms with Crippen LogP contribution in [-0.4, -0.2) is 56.3 Å². The highest BCUT2D eigenvalue weighted by Gasteiger charge is 2.27. The summed E-state index contributed by atoms with van der Waals surface area (Å²) in [5.41, 5.74) is 1.73. The number of tetrazole rings is 1. The molecular formula is C21H25FN8. The van der Waals surface area contributed by atoms with E-state index in [0.29, 0.717) is 12.0 Å². The summed E-state index contributed by atoms with van der Waals surface area (Å²) in [7, 11) is 0. The first-order chi connectivity index (χ1) is 14.7. The van der Waals surface area contributed by atoms with Crippen molar-refractivity contribution in [2.45, 2.75) is 44.6 Å². The number of nitrogens with zero attached hydrogens (tertiary/aromatic N) is 7. The maximum Gasteiger partial charge on any atom is 0.228 e. The van der Waals surface area contributed by atoms with E-state index >= 15 is 0 Å². The van der Waals surface area contributed by atoms with Crippen LogP contribution in [0.2, 0.25) is 0 Å². The van der Waals surface area contributed by atoms with Gasteiger partial charge in [0.05, 0.1) is 5.69 Å². The van der Waals surface area contributed by atoms with E-state index in [1.54, 1.807) is 12.1 Å². The molecule has 3 aromatic rings. The van der Waals surface area contributed by atoms with Gasteiger partial charge in [-0.15, -0.1) is 5.10 Å². The summed E-state index contributed by atoms with van der Waals surface area (Å²) in [5, 5.41) is 14.4. The lowest BCUT2D eigenvalue weighted by Gasteiger charge is -2.32. The van der Waals surface area contributed by atoms with Gasteiger partial charge < -0.3 is 9.80 Å². The van der Waals surface area contributed by atoms with Gasteiger partial charge in [-0.25, -0.2) is 14.5 Å². The van der Waals surface area contributed by atoms with E-state index in [9.17, 15) is 4.39 Å². The van der Waals surface area contributed by atoms with Crippen LogP contribution in [0.15, 0.2) is 30.3 Å². The van der Waals surface area contributed by atoms with Crippen molar-refractivity contribution in [3.63, 3.8) is 0 Å². The third-order valence-electron chi connectivity index (χ3n) is 6.22. The normalized spacial score (nSPS) is 20.1. The third-order valence-corrected chi connectivity index (χ3v) is 6.22. The fourth-order valence-electron chi connectivity index (χ4n) is 4.43. The second-order valence-electron chi connectivity index (χ2n) is 8.15. The van der Waals surface area contributed by atoms with Gasteiger partial charge in [-0.05, 0) is 67.3 Å². The van der Waals surface area contributed by atoms with E-state index in [0.717, 1.165) is 74.2 Å². The van der Waals surface area contributed by atoms with Crippen LogP contribution < -0.4 is 9.80 Å². The molecule has 0 spiro atoms. The molecular weight excluding hydrogens is 383 g/mol. The fraction of sp³-hybridized carbons (Fsp3) is 0.476. The Bertz CT molecular complexity index is 983. The summed E-state index contributed by atoms with van der Waals surface area (Å²) < 4.78 is 13.4. The molecule has 156 valence electrons. The molecule has 5 rings (SSSR count). The Morgan fingerprint density at radius 2 is 1.83 bits per heavy atom. The van der Waals surface area contributed by atoms with Gasteiger partial charge in [0.15, 0.2) is 5.82 Å². The van der Waals surface area contributed by atoms with E-state index in [1.807, 2.05) is 6.07 Å². The maximum atomic E-state index is 13.4. The highest BCUT2D eigenvalue weighted by Crippen LogP contribution is 2.32. The van der Waals surface area contributed by atoms with Crippen molar-refractivity contribution in [3.05, 3.63) is 42.0 Å². The number of hydrogen-bond acceptors (Lipinski definition) is 7. The fourth-order valence-corrected chi connectivity index (χ4v) is 4.43. The van der Waals surface area contributed by atoms with Crippen LogP contribution in [0.1, 0.15) is 44.3 Å². The number of H-pyrrole nitrogens is 1. The molecule has 0 aliphatic carbocycles. The molecule has 0 bridgehead atoms. The largest absolute Gasteiger partial charge is 0.356 e. The molecule has 0 saturated carbocycles. The number of nitrogens with one attached hydrogen (secondary N) is 1. The molecule has 2 aromatic heterocycles. The van der Waals surface area contributed by atoms with Gasteiger partial charge in [0.2, 0.25) is 5.95 Å². The number of piperidine rings is 1. The second-order valence-corrected chi connectivity index (χ2v) is 8.15. The van der Waals surface area contributed by atoms with Crippen molar-refractivity contribution in [2.75, 3.05) is 29.4 Å². The van der Waals surface area contributed by atoms with Crippen LogP contribution in [0, 0.1) is 5.82 Å². The lowest BCUT2D eigenvalue weighted by molar-refractivity contribution is 0.483. The molecule has 9 heteroatoms. The van der Waals surface area contributed by atoms with Crippen molar-refractivity contribution < 1.29 is 4.39 Å². The summed E-state index contributed by atoms with van der Waals surface area (Å²) in [6.07, 6.45) is 4.22. The Morgan fingerprint density at radius 3 is 2.50 bits per heavy atom. The Balaban J connectivity index is 1.45. The minimum atomic E-state index is -0.245.